The number of nitrogens with zero attached hydrogens (tertiary/aromatic N) is 1. The second-order valence-electron chi connectivity index (χ2n) is 3.70. The van der Waals surface area contributed by atoms with Crippen LogP contribution in [0, 0.1) is 5.82 Å². The average molecular weight is 243 g/mol. The molecule has 1 aromatic heterocycles. The lowest BCUT2D eigenvalue weighted by Gasteiger charge is -2.13. The normalized spacial score (nSPS) is 23.8. The van der Waals surface area contributed by atoms with Crippen LogP contribution in [-0.2, 0) is 9.53 Å². The number of carbonyl (C=O) groups excluding carboxylic acids is 1. The van der Waals surface area contributed by atoms with Gasteiger partial charge in [0.1, 0.15) is 12.3 Å². The van der Waals surface area contributed by atoms with Crippen molar-refractivity contribution in [3.05, 3.63) is 32.9 Å². The van der Waals surface area contributed by atoms with E-state index in [0.29, 0.717) is 12.8 Å². The predicted molar refractivity (Wildman–Crippen MR) is 53.6 cm³/mol. The number of halogens is 1. The molecular weight excluding hydrogens is 233 g/mol. The van der Waals surface area contributed by atoms with Crippen molar-refractivity contribution < 1.29 is 13.9 Å². The first-order valence-corrected chi connectivity index (χ1v) is 4.95. The molecule has 1 amide bonds. The molecule has 0 aliphatic carbocycles. The fourth-order valence-electron chi connectivity index (χ4n) is 1.71. The number of hydrogen-bond donors (Lipinski definition) is 2. The highest BCUT2D eigenvalue weighted by Gasteiger charge is 2.31. The molecule has 1 aliphatic rings. The van der Waals surface area contributed by atoms with Gasteiger partial charge in [-0.1, -0.05) is 0 Å². The smallest absolute Gasteiger partial charge is 0.330 e. The topological polar surface area (TPSA) is 107 Å². The number of nitrogens with two attached hydrogens (primary N) is 1. The Kier molecular flexibility index (Phi) is 2.80. The molecule has 1 aliphatic heterocycles. The van der Waals surface area contributed by atoms with E-state index in [1.54, 1.807) is 0 Å². The summed E-state index contributed by atoms with van der Waals surface area (Å²) in [4.78, 5) is 34.9. The Hall–Kier alpha value is -1.96. The molecule has 1 saturated heterocycles. The van der Waals surface area contributed by atoms with Gasteiger partial charge in [-0.2, -0.15) is 4.39 Å². The molecule has 0 aromatic carbocycles. The van der Waals surface area contributed by atoms with Crippen LogP contribution in [0.25, 0.3) is 0 Å². The third kappa shape index (κ3) is 2.11. The van der Waals surface area contributed by atoms with Gasteiger partial charge in [0.05, 0.1) is 6.20 Å². The van der Waals surface area contributed by atoms with Gasteiger partial charge in [-0.05, 0) is 12.8 Å². The zero-order chi connectivity index (χ0) is 12.6. The second kappa shape index (κ2) is 4.13. The van der Waals surface area contributed by atoms with Crippen LogP contribution >= 0.6 is 0 Å². The molecule has 2 rings (SSSR count). The van der Waals surface area contributed by atoms with Crippen LogP contribution in [0.15, 0.2) is 15.8 Å². The highest BCUT2D eigenvalue weighted by molar-refractivity contribution is 5.79. The molecule has 8 heteroatoms. The molecule has 0 bridgehead atoms. The second-order valence-corrected chi connectivity index (χ2v) is 3.70. The fourth-order valence-corrected chi connectivity index (χ4v) is 1.71. The minimum atomic E-state index is -1.09. The van der Waals surface area contributed by atoms with Crippen molar-refractivity contribution in [2.24, 2.45) is 5.73 Å². The van der Waals surface area contributed by atoms with Gasteiger partial charge in [-0.25, -0.2) is 4.79 Å². The number of primary amides is 1. The summed E-state index contributed by atoms with van der Waals surface area (Å²) < 4.78 is 19.1. The van der Waals surface area contributed by atoms with E-state index in [2.05, 4.69) is 0 Å². The average Bonchev–Trinajstić information content (AvgIpc) is 2.72. The van der Waals surface area contributed by atoms with Crippen molar-refractivity contribution in [2.75, 3.05) is 0 Å². The molecule has 2 atom stereocenters. The largest absolute Gasteiger partial charge is 0.367 e. The molecule has 3 N–H and O–H groups in total. The Labute approximate surface area is 94.0 Å². The number of ether oxygens (including phenoxy) is 1. The zero-order valence-electron chi connectivity index (χ0n) is 8.68. The van der Waals surface area contributed by atoms with Crippen molar-refractivity contribution in [2.45, 2.75) is 25.2 Å². The van der Waals surface area contributed by atoms with Crippen LogP contribution in [0.3, 0.4) is 0 Å². The van der Waals surface area contributed by atoms with Crippen LogP contribution < -0.4 is 17.0 Å². The van der Waals surface area contributed by atoms with Crippen LogP contribution in [0.5, 0.6) is 0 Å². The molecule has 1 fully saturated rings. The first-order chi connectivity index (χ1) is 7.99. The number of rotatable bonds is 2. The Morgan fingerprint density at radius 3 is 2.82 bits per heavy atom. The van der Waals surface area contributed by atoms with Crippen molar-refractivity contribution in [3.8, 4) is 0 Å². The summed E-state index contributed by atoms with van der Waals surface area (Å²) in [6, 6.07) is 0. The van der Waals surface area contributed by atoms with E-state index in [-0.39, 0.29) is 0 Å². The lowest BCUT2D eigenvalue weighted by Crippen LogP contribution is -2.35. The summed E-state index contributed by atoms with van der Waals surface area (Å²) in [7, 11) is 0. The lowest BCUT2D eigenvalue weighted by atomic mass is 10.2. The van der Waals surface area contributed by atoms with Crippen LogP contribution in [0.4, 0.5) is 4.39 Å². The molecule has 92 valence electrons. The SMILES string of the molecule is NC(=O)C1CCC(n2cc(F)c(=O)[nH]c2=O)O1. The summed E-state index contributed by atoms with van der Waals surface area (Å²) in [5.41, 5.74) is 3.17. The highest BCUT2D eigenvalue weighted by Crippen LogP contribution is 2.26. The maximum Gasteiger partial charge on any atom is 0.330 e. The van der Waals surface area contributed by atoms with E-state index in [0.717, 1.165) is 10.8 Å². The monoisotopic (exact) mass is 243 g/mol. The first-order valence-electron chi connectivity index (χ1n) is 4.95. The molecule has 17 heavy (non-hydrogen) atoms. The zero-order valence-corrected chi connectivity index (χ0v) is 8.68. The van der Waals surface area contributed by atoms with Gasteiger partial charge in [-0.15, -0.1) is 0 Å². The molecule has 0 radical (unpaired) electrons. The minimum Gasteiger partial charge on any atom is -0.367 e. The van der Waals surface area contributed by atoms with Crippen molar-refractivity contribution in [1.29, 1.82) is 0 Å². The molecule has 0 spiro atoms. The third-order valence-electron chi connectivity index (χ3n) is 2.55. The third-order valence-corrected chi connectivity index (χ3v) is 2.55. The van der Waals surface area contributed by atoms with Gasteiger partial charge in [-0.3, -0.25) is 19.1 Å². The summed E-state index contributed by atoms with van der Waals surface area (Å²) in [6.45, 7) is 0. The molecule has 7 nitrogen and oxygen atoms in total. The molecule has 2 unspecified atom stereocenters. The van der Waals surface area contributed by atoms with Crippen molar-refractivity contribution >= 4 is 5.91 Å². The summed E-state index contributed by atoms with van der Waals surface area (Å²) in [5, 5.41) is 0. The Bertz CT molecular complexity index is 564. The van der Waals surface area contributed by atoms with E-state index >= 15 is 0 Å². The molecular formula is C9H10FN3O4. The summed E-state index contributed by atoms with van der Waals surface area (Å²) >= 11 is 0. The van der Waals surface area contributed by atoms with Gasteiger partial charge in [0, 0.05) is 0 Å². The van der Waals surface area contributed by atoms with Gasteiger partial charge in [0.15, 0.2) is 0 Å². The lowest BCUT2D eigenvalue weighted by molar-refractivity contribution is -0.130. The maximum absolute atomic E-state index is 13.0. The summed E-state index contributed by atoms with van der Waals surface area (Å²) in [5.74, 6) is -1.72. The quantitative estimate of drug-likeness (QED) is 0.683. The van der Waals surface area contributed by atoms with Gasteiger partial charge < -0.3 is 10.5 Å². The van der Waals surface area contributed by atoms with Crippen LogP contribution in [-0.4, -0.2) is 21.6 Å². The van der Waals surface area contributed by atoms with Gasteiger partial charge >= 0.3 is 5.69 Å². The number of nitrogens with one attached hydrogen (secondary N) is 1. The Morgan fingerprint density at radius 1 is 1.53 bits per heavy atom. The van der Waals surface area contributed by atoms with E-state index in [1.165, 1.54) is 0 Å². The van der Waals surface area contributed by atoms with E-state index < -0.39 is 35.3 Å². The molecule has 0 saturated carbocycles. The summed E-state index contributed by atoms with van der Waals surface area (Å²) in [6.07, 6.45) is -0.116. The van der Waals surface area contributed by atoms with Gasteiger partial charge in [0.25, 0.3) is 5.56 Å². The molecule has 1 aromatic rings. The Balaban J connectivity index is 2.31. The van der Waals surface area contributed by atoms with E-state index in [9.17, 15) is 18.8 Å². The fraction of sp³-hybridized carbons (Fsp3) is 0.444. The number of hydrogen-bond acceptors (Lipinski definition) is 4. The predicted octanol–water partition coefficient (Wildman–Crippen LogP) is -1.16. The van der Waals surface area contributed by atoms with Crippen molar-refractivity contribution in [3.63, 3.8) is 0 Å². The standard InChI is InChI=1S/C9H10FN3O4/c10-4-3-13(9(16)12-8(4)15)6-2-1-5(17-6)7(11)14/h3,5-6H,1-2H2,(H2,11,14)(H,12,15,16). The first kappa shape index (κ1) is 11.5. The highest BCUT2D eigenvalue weighted by atomic mass is 19.1. The number of amides is 1. The minimum absolute atomic E-state index is 0.346. The van der Waals surface area contributed by atoms with Crippen LogP contribution in [0.2, 0.25) is 0 Å². The Morgan fingerprint density at radius 2 is 2.24 bits per heavy atom. The number of H-pyrrole nitrogens is 1. The van der Waals surface area contributed by atoms with E-state index in [4.69, 9.17) is 10.5 Å². The number of aromatic nitrogens is 2. The maximum atomic E-state index is 13.0. The number of aromatic amines is 1. The number of carbonyl (C=O) groups is 1. The van der Waals surface area contributed by atoms with E-state index in [1.807, 2.05) is 4.98 Å². The van der Waals surface area contributed by atoms with Crippen molar-refractivity contribution in [1.82, 2.24) is 9.55 Å². The van der Waals surface area contributed by atoms with Crippen LogP contribution in [0.1, 0.15) is 19.1 Å². The molecule has 2 heterocycles. The van der Waals surface area contributed by atoms with Gasteiger partial charge in [0.2, 0.25) is 11.7 Å².